The molecule has 19 heavy (non-hydrogen) atoms. The molecule has 0 spiro atoms. The van der Waals surface area contributed by atoms with Crippen molar-refractivity contribution in [2.24, 2.45) is 0 Å². The van der Waals surface area contributed by atoms with Crippen molar-refractivity contribution in [3.63, 3.8) is 0 Å². The summed E-state index contributed by atoms with van der Waals surface area (Å²) in [4.78, 5) is 13.4. The Kier molecular flexibility index (Phi) is 5.53. The highest BCUT2D eigenvalue weighted by Crippen LogP contribution is 2.21. The fourth-order valence-corrected chi connectivity index (χ4v) is 1.32. The largest absolute Gasteiger partial charge is 0.466 e. The van der Waals surface area contributed by atoms with Crippen molar-refractivity contribution in [1.82, 2.24) is 4.98 Å². The Labute approximate surface area is 106 Å². The molecule has 0 aliphatic rings. The van der Waals surface area contributed by atoms with Crippen LogP contribution >= 0.6 is 0 Å². The second-order valence-electron chi connectivity index (χ2n) is 3.53. The molecule has 1 heterocycles. The van der Waals surface area contributed by atoms with Gasteiger partial charge < -0.3 is 10.1 Å². The molecule has 0 saturated carbocycles. The lowest BCUT2D eigenvalue weighted by molar-refractivity contribution is -0.143. The van der Waals surface area contributed by atoms with Crippen molar-refractivity contribution in [3.8, 4) is 0 Å². The molecular formula is C11H12F4N2O2. The van der Waals surface area contributed by atoms with Gasteiger partial charge in [-0.1, -0.05) is 0 Å². The van der Waals surface area contributed by atoms with Crippen LogP contribution in [-0.4, -0.2) is 24.1 Å². The number of hydrogen-bond donors (Lipinski definition) is 1. The lowest BCUT2D eigenvalue weighted by Gasteiger charge is -2.09. The normalized spacial score (nSPS) is 10.4. The minimum Gasteiger partial charge on any atom is -0.466 e. The van der Waals surface area contributed by atoms with E-state index < -0.39 is 35.2 Å². The van der Waals surface area contributed by atoms with Gasteiger partial charge in [-0.3, -0.25) is 4.79 Å². The number of carbonyl (C=O) groups excluding carboxylic acids is 1. The number of pyridine rings is 1. The number of rotatable bonds is 6. The first-order valence-electron chi connectivity index (χ1n) is 5.56. The van der Waals surface area contributed by atoms with Crippen LogP contribution in [0.3, 0.4) is 0 Å². The van der Waals surface area contributed by atoms with Crippen LogP contribution in [0.2, 0.25) is 0 Å². The molecule has 0 saturated heterocycles. The van der Waals surface area contributed by atoms with Gasteiger partial charge in [0.1, 0.15) is 5.69 Å². The van der Waals surface area contributed by atoms with E-state index in [2.05, 4.69) is 15.0 Å². The third-order valence-corrected chi connectivity index (χ3v) is 2.16. The SMILES string of the molecule is CCOC(=O)CCCNc1c(F)c(F)nc(F)c1F. The average Bonchev–Trinajstić information content (AvgIpc) is 2.36. The molecule has 1 N–H and O–H groups in total. The van der Waals surface area contributed by atoms with Crippen molar-refractivity contribution in [2.45, 2.75) is 19.8 Å². The molecule has 0 bridgehead atoms. The number of nitrogens with zero attached hydrogens (tertiary/aromatic N) is 1. The molecule has 0 aliphatic carbocycles. The molecule has 0 aromatic carbocycles. The molecule has 0 amide bonds. The summed E-state index contributed by atoms with van der Waals surface area (Å²) in [5.41, 5.74) is -0.936. The second kappa shape index (κ2) is 6.91. The van der Waals surface area contributed by atoms with Crippen molar-refractivity contribution in [3.05, 3.63) is 23.5 Å². The van der Waals surface area contributed by atoms with E-state index in [-0.39, 0.29) is 26.0 Å². The summed E-state index contributed by atoms with van der Waals surface area (Å²) in [6.07, 6.45) is 0.226. The van der Waals surface area contributed by atoms with Gasteiger partial charge in [0, 0.05) is 13.0 Å². The van der Waals surface area contributed by atoms with Gasteiger partial charge in [-0.05, 0) is 13.3 Å². The lowest BCUT2D eigenvalue weighted by Crippen LogP contribution is -2.12. The standard InChI is InChI=1S/C11H12F4N2O2/c1-2-19-6(18)4-3-5-16-9-7(12)10(14)17-11(15)8(9)13/h2-5H2,1H3,(H,16,17). The van der Waals surface area contributed by atoms with Crippen LogP contribution in [0.25, 0.3) is 0 Å². The highest BCUT2D eigenvalue weighted by Gasteiger charge is 2.20. The Morgan fingerprint density at radius 2 is 1.79 bits per heavy atom. The average molecular weight is 280 g/mol. The summed E-state index contributed by atoms with van der Waals surface area (Å²) < 4.78 is 56.4. The number of halogens is 4. The highest BCUT2D eigenvalue weighted by atomic mass is 19.2. The van der Waals surface area contributed by atoms with Gasteiger partial charge in [-0.2, -0.15) is 22.5 Å². The molecular weight excluding hydrogens is 268 g/mol. The van der Waals surface area contributed by atoms with E-state index in [0.717, 1.165) is 0 Å². The van der Waals surface area contributed by atoms with Gasteiger partial charge in [0.05, 0.1) is 6.61 Å². The third-order valence-electron chi connectivity index (χ3n) is 2.16. The predicted molar refractivity (Wildman–Crippen MR) is 58.4 cm³/mol. The fourth-order valence-electron chi connectivity index (χ4n) is 1.32. The molecule has 106 valence electrons. The summed E-state index contributed by atoms with van der Waals surface area (Å²) >= 11 is 0. The first kappa shape index (κ1) is 15.2. The fraction of sp³-hybridized carbons (Fsp3) is 0.455. The maximum Gasteiger partial charge on any atom is 0.305 e. The van der Waals surface area contributed by atoms with E-state index in [1.54, 1.807) is 6.92 Å². The van der Waals surface area contributed by atoms with Crippen molar-refractivity contribution < 1.29 is 27.1 Å². The summed E-state index contributed by atoms with van der Waals surface area (Å²) in [6.45, 7) is 1.83. The summed E-state index contributed by atoms with van der Waals surface area (Å²) in [5.74, 6) is -7.12. The zero-order valence-electron chi connectivity index (χ0n) is 10.1. The van der Waals surface area contributed by atoms with Crippen LogP contribution in [0.15, 0.2) is 0 Å². The first-order chi connectivity index (χ1) is 8.97. The highest BCUT2D eigenvalue weighted by molar-refractivity contribution is 5.69. The maximum atomic E-state index is 13.2. The van der Waals surface area contributed by atoms with Crippen LogP contribution in [0.5, 0.6) is 0 Å². The quantitative estimate of drug-likeness (QED) is 0.376. The van der Waals surface area contributed by atoms with Crippen molar-refractivity contribution in [1.29, 1.82) is 0 Å². The molecule has 0 radical (unpaired) electrons. The first-order valence-corrected chi connectivity index (χ1v) is 5.56. The number of aromatic nitrogens is 1. The smallest absolute Gasteiger partial charge is 0.305 e. The van der Waals surface area contributed by atoms with Gasteiger partial charge in [0.25, 0.3) is 11.9 Å². The number of hydrogen-bond acceptors (Lipinski definition) is 4. The van der Waals surface area contributed by atoms with Gasteiger partial charge in [-0.15, -0.1) is 0 Å². The molecule has 8 heteroatoms. The van der Waals surface area contributed by atoms with E-state index in [4.69, 9.17) is 0 Å². The van der Waals surface area contributed by atoms with Crippen molar-refractivity contribution >= 4 is 11.7 Å². The van der Waals surface area contributed by atoms with E-state index in [9.17, 15) is 22.4 Å². The number of carbonyl (C=O) groups is 1. The van der Waals surface area contributed by atoms with E-state index in [1.807, 2.05) is 0 Å². The number of ether oxygens (including phenoxy) is 1. The van der Waals surface area contributed by atoms with Gasteiger partial charge in [0.2, 0.25) is 11.6 Å². The Balaban J connectivity index is 2.56. The van der Waals surface area contributed by atoms with Gasteiger partial charge >= 0.3 is 5.97 Å². The number of esters is 1. The maximum absolute atomic E-state index is 13.2. The van der Waals surface area contributed by atoms with Crippen LogP contribution in [0.1, 0.15) is 19.8 Å². The molecule has 0 fully saturated rings. The Morgan fingerprint density at radius 1 is 1.21 bits per heavy atom. The minimum absolute atomic E-state index is 0.0279. The van der Waals surface area contributed by atoms with E-state index >= 15 is 0 Å². The Morgan fingerprint density at radius 3 is 2.32 bits per heavy atom. The predicted octanol–water partition coefficient (Wildman–Crippen LogP) is 2.39. The Hall–Kier alpha value is -1.86. The van der Waals surface area contributed by atoms with Crippen LogP contribution in [0.4, 0.5) is 23.2 Å². The van der Waals surface area contributed by atoms with E-state index in [0.29, 0.717) is 0 Å². The summed E-state index contributed by atoms with van der Waals surface area (Å²) in [5, 5.41) is 2.18. The topological polar surface area (TPSA) is 51.2 Å². The summed E-state index contributed by atoms with van der Waals surface area (Å²) in [7, 11) is 0. The molecule has 1 aromatic rings. The third kappa shape index (κ3) is 4.08. The zero-order valence-corrected chi connectivity index (χ0v) is 10.1. The summed E-state index contributed by atoms with van der Waals surface area (Å²) in [6, 6.07) is 0. The number of nitrogens with one attached hydrogen (secondary N) is 1. The number of anilines is 1. The van der Waals surface area contributed by atoms with Crippen LogP contribution < -0.4 is 5.32 Å². The molecule has 0 aliphatic heterocycles. The minimum atomic E-state index is -1.73. The zero-order chi connectivity index (χ0) is 14.4. The molecule has 4 nitrogen and oxygen atoms in total. The monoisotopic (exact) mass is 280 g/mol. The molecule has 1 rings (SSSR count). The second-order valence-corrected chi connectivity index (χ2v) is 3.53. The van der Waals surface area contributed by atoms with E-state index in [1.165, 1.54) is 0 Å². The van der Waals surface area contributed by atoms with Crippen LogP contribution in [0, 0.1) is 23.5 Å². The van der Waals surface area contributed by atoms with Gasteiger partial charge in [-0.25, -0.2) is 0 Å². The van der Waals surface area contributed by atoms with Gasteiger partial charge in [0.15, 0.2) is 0 Å². The Bertz CT molecular complexity index is 442. The van der Waals surface area contributed by atoms with Crippen LogP contribution in [-0.2, 0) is 9.53 Å². The van der Waals surface area contributed by atoms with Crippen molar-refractivity contribution in [2.75, 3.05) is 18.5 Å². The molecule has 1 aromatic heterocycles. The molecule has 0 atom stereocenters. The lowest BCUT2D eigenvalue weighted by atomic mass is 10.3. The molecule has 0 unspecified atom stereocenters.